The summed E-state index contributed by atoms with van der Waals surface area (Å²) in [6, 6.07) is 0. The van der Waals surface area contributed by atoms with Crippen LogP contribution in [0.2, 0.25) is 0 Å². The molecule has 1 heterocycles. The molecular formula is C13H24N3O2S. The summed E-state index contributed by atoms with van der Waals surface area (Å²) in [5, 5.41) is 6.99. The Labute approximate surface area is 120 Å². The van der Waals surface area contributed by atoms with Gasteiger partial charge in [0, 0.05) is 32.7 Å². The van der Waals surface area contributed by atoms with Gasteiger partial charge in [-0.05, 0) is 43.3 Å². The van der Waals surface area contributed by atoms with Crippen LogP contribution in [0.15, 0.2) is 0 Å². The Morgan fingerprint density at radius 3 is 2.79 bits per heavy atom. The molecule has 6 heteroatoms. The van der Waals surface area contributed by atoms with Crippen LogP contribution in [0, 0.1) is 18.3 Å². The van der Waals surface area contributed by atoms with Crippen LogP contribution in [-0.4, -0.2) is 37.3 Å². The number of amides is 1. The number of carbonyl (C=O) groups excluding carboxylic acids is 1. The lowest BCUT2D eigenvalue weighted by Crippen LogP contribution is -2.40. The summed E-state index contributed by atoms with van der Waals surface area (Å²) in [6.07, 6.45) is 4.58. The largest absolute Gasteiger partial charge is 0.381 e. The average molecular weight is 286 g/mol. The molecule has 1 aliphatic rings. The number of carbonyl (C=O) groups is 1. The minimum Gasteiger partial charge on any atom is -0.381 e. The van der Waals surface area contributed by atoms with Gasteiger partial charge in [0.25, 0.3) is 0 Å². The summed E-state index contributed by atoms with van der Waals surface area (Å²) < 4.78 is 5.31. The zero-order valence-corrected chi connectivity index (χ0v) is 12.3. The third-order valence-corrected chi connectivity index (χ3v) is 3.49. The van der Waals surface area contributed by atoms with E-state index in [1.54, 1.807) is 0 Å². The van der Waals surface area contributed by atoms with Gasteiger partial charge in [0.1, 0.15) is 0 Å². The average Bonchev–Trinajstić information content (AvgIpc) is 2.36. The summed E-state index contributed by atoms with van der Waals surface area (Å²) in [4.78, 5) is 10.7. The minimum absolute atomic E-state index is 0.170. The summed E-state index contributed by atoms with van der Waals surface area (Å²) in [7, 11) is 0. The van der Waals surface area contributed by atoms with Gasteiger partial charge >= 0.3 is 0 Å². The van der Waals surface area contributed by atoms with Crippen LogP contribution in [0.3, 0.4) is 0 Å². The third-order valence-electron chi connectivity index (χ3n) is 3.20. The highest BCUT2D eigenvalue weighted by Gasteiger charge is 2.13. The van der Waals surface area contributed by atoms with Crippen molar-refractivity contribution in [2.75, 3.05) is 26.3 Å². The summed E-state index contributed by atoms with van der Waals surface area (Å²) in [5.41, 5.74) is 5.13. The van der Waals surface area contributed by atoms with Crippen LogP contribution in [0.25, 0.3) is 0 Å². The first-order chi connectivity index (χ1) is 9.08. The fourth-order valence-corrected chi connectivity index (χ4v) is 2.17. The molecule has 1 fully saturated rings. The van der Waals surface area contributed by atoms with Crippen LogP contribution >= 0.6 is 12.2 Å². The maximum Gasteiger partial charge on any atom is 0.217 e. The van der Waals surface area contributed by atoms with Gasteiger partial charge in [0.15, 0.2) is 5.11 Å². The molecule has 5 nitrogen and oxygen atoms in total. The van der Waals surface area contributed by atoms with Gasteiger partial charge < -0.3 is 21.1 Å². The highest BCUT2D eigenvalue weighted by atomic mass is 32.1. The van der Waals surface area contributed by atoms with E-state index in [0.29, 0.717) is 24.0 Å². The van der Waals surface area contributed by atoms with E-state index in [1.165, 1.54) is 0 Å². The number of thiocarbonyl (C=S) groups is 1. The summed E-state index contributed by atoms with van der Waals surface area (Å²) >= 11 is 5.20. The second kappa shape index (κ2) is 9.09. The Hall–Kier alpha value is -0.880. The second-order valence-electron chi connectivity index (χ2n) is 5.03. The third kappa shape index (κ3) is 8.00. The van der Waals surface area contributed by atoms with Gasteiger partial charge in [0.2, 0.25) is 5.91 Å². The first-order valence-electron chi connectivity index (χ1n) is 6.79. The first-order valence-corrected chi connectivity index (χ1v) is 7.20. The van der Waals surface area contributed by atoms with Gasteiger partial charge in [-0.3, -0.25) is 4.79 Å². The van der Waals surface area contributed by atoms with Crippen LogP contribution < -0.4 is 16.4 Å². The molecule has 4 N–H and O–H groups in total. The predicted molar refractivity (Wildman–Crippen MR) is 79.4 cm³/mol. The maximum atomic E-state index is 10.7. The molecule has 0 saturated carbocycles. The second-order valence-corrected chi connectivity index (χ2v) is 5.44. The molecule has 1 radical (unpaired) electrons. The normalized spacial score (nSPS) is 17.7. The number of ether oxygens (including phenoxy) is 1. The lowest BCUT2D eigenvalue weighted by molar-refractivity contribution is -0.118. The Morgan fingerprint density at radius 2 is 2.16 bits per heavy atom. The number of nitrogens with one attached hydrogen (secondary N) is 2. The molecule has 19 heavy (non-hydrogen) atoms. The van der Waals surface area contributed by atoms with Crippen molar-refractivity contribution in [3.8, 4) is 0 Å². The SMILES string of the molecule is C[C@@H]([CH]CNC(=S)NCC1CCOCC1)CC(N)=O. The number of rotatable bonds is 7. The topological polar surface area (TPSA) is 76.4 Å². The fraction of sp³-hybridized carbons (Fsp3) is 0.769. The van der Waals surface area contributed by atoms with Gasteiger partial charge in [0.05, 0.1) is 0 Å². The van der Waals surface area contributed by atoms with E-state index in [4.69, 9.17) is 22.7 Å². The van der Waals surface area contributed by atoms with E-state index in [0.717, 1.165) is 32.6 Å². The molecule has 0 aliphatic carbocycles. The summed E-state index contributed by atoms with van der Waals surface area (Å²) in [5.74, 6) is 0.540. The predicted octanol–water partition coefficient (Wildman–Crippen LogP) is 0.593. The first kappa shape index (κ1) is 16.2. The Balaban J connectivity index is 2.02. The van der Waals surface area contributed by atoms with Crippen LogP contribution in [-0.2, 0) is 9.53 Å². The molecule has 0 aromatic carbocycles. The zero-order chi connectivity index (χ0) is 14.1. The lowest BCUT2D eigenvalue weighted by atomic mass is 10.0. The molecule has 0 spiro atoms. The molecule has 0 aromatic rings. The van der Waals surface area contributed by atoms with Gasteiger partial charge in [-0.2, -0.15) is 0 Å². The monoisotopic (exact) mass is 286 g/mol. The molecule has 1 atom stereocenters. The van der Waals surface area contributed by atoms with Gasteiger partial charge in [-0.15, -0.1) is 0 Å². The molecule has 1 rings (SSSR count). The van der Waals surface area contributed by atoms with E-state index in [2.05, 4.69) is 10.6 Å². The van der Waals surface area contributed by atoms with E-state index in [1.807, 2.05) is 13.3 Å². The van der Waals surface area contributed by atoms with Crippen molar-refractivity contribution in [2.24, 2.45) is 17.6 Å². The van der Waals surface area contributed by atoms with E-state index < -0.39 is 0 Å². The standard InChI is InChI=1S/C13H24N3O2S/c1-10(8-12(14)17)2-5-15-13(19)16-9-11-3-6-18-7-4-11/h2,10-11H,3-9H2,1H3,(H2,14,17)(H2,15,16,19)/t10-/m0/s1. The Morgan fingerprint density at radius 1 is 1.47 bits per heavy atom. The van der Waals surface area contributed by atoms with Crippen LogP contribution in [0.4, 0.5) is 0 Å². The lowest BCUT2D eigenvalue weighted by Gasteiger charge is -2.23. The van der Waals surface area contributed by atoms with Crippen LogP contribution in [0.5, 0.6) is 0 Å². The number of hydrogen-bond donors (Lipinski definition) is 3. The van der Waals surface area contributed by atoms with Crippen LogP contribution in [0.1, 0.15) is 26.2 Å². The van der Waals surface area contributed by atoms with Crippen molar-refractivity contribution in [2.45, 2.75) is 26.2 Å². The fourth-order valence-electron chi connectivity index (χ4n) is 2.00. The van der Waals surface area contributed by atoms with Crippen molar-refractivity contribution >= 4 is 23.2 Å². The summed E-state index contributed by atoms with van der Waals surface area (Å²) in [6.45, 7) is 5.21. The molecule has 0 aromatic heterocycles. The smallest absolute Gasteiger partial charge is 0.217 e. The minimum atomic E-state index is -0.274. The molecule has 1 aliphatic heterocycles. The van der Waals surface area contributed by atoms with Crippen molar-refractivity contribution in [3.63, 3.8) is 0 Å². The quantitative estimate of drug-likeness (QED) is 0.597. The highest BCUT2D eigenvalue weighted by molar-refractivity contribution is 7.80. The van der Waals surface area contributed by atoms with E-state index >= 15 is 0 Å². The zero-order valence-electron chi connectivity index (χ0n) is 11.5. The molecule has 0 bridgehead atoms. The van der Waals surface area contributed by atoms with Crippen molar-refractivity contribution in [1.82, 2.24) is 10.6 Å². The maximum absolute atomic E-state index is 10.7. The van der Waals surface area contributed by atoms with Gasteiger partial charge in [-0.1, -0.05) is 6.92 Å². The van der Waals surface area contributed by atoms with Crippen molar-refractivity contribution < 1.29 is 9.53 Å². The molecular weight excluding hydrogens is 262 g/mol. The number of nitrogens with two attached hydrogens (primary N) is 1. The molecule has 1 amide bonds. The Kier molecular flexibility index (Phi) is 7.74. The number of primary amides is 1. The Bertz CT molecular complexity index is 294. The molecule has 1 saturated heterocycles. The van der Waals surface area contributed by atoms with Crippen molar-refractivity contribution in [1.29, 1.82) is 0 Å². The number of hydrogen-bond acceptors (Lipinski definition) is 3. The highest BCUT2D eigenvalue weighted by Crippen LogP contribution is 2.12. The van der Waals surface area contributed by atoms with E-state index in [9.17, 15) is 4.79 Å². The van der Waals surface area contributed by atoms with Gasteiger partial charge in [-0.25, -0.2) is 0 Å². The van der Waals surface area contributed by atoms with Crippen molar-refractivity contribution in [3.05, 3.63) is 6.42 Å². The molecule has 109 valence electrons. The molecule has 0 unspecified atom stereocenters. The van der Waals surface area contributed by atoms with E-state index in [-0.39, 0.29) is 11.8 Å².